The van der Waals surface area contributed by atoms with Crippen LogP contribution >= 0.6 is 0 Å². The first-order valence-corrected chi connectivity index (χ1v) is 10.5. The average molecular weight is 418 g/mol. The van der Waals surface area contributed by atoms with Gasteiger partial charge in [0.05, 0.1) is 0 Å². The highest BCUT2D eigenvalue weighted by Crippen LogP contribution is 2.22. The van der Waals surface area contributed by atoms with Crippen LogP contribution in [0.5, 0.6) is 11.8 Å². The Morgan fingerprint density at radius 3 is 2.55 bits per heavy atom. The highest BCUT2D eigenvalue weighted by atomic mass is 16.5. The van der Waals surface area contributed by atoms with Gasteiger partial charge < -0.3 is 10.1 Å². The van der Waals surface area contributed by atoms with Crippen LogP contribution in [0.15, 0.2) is 73.1 Å². The number of rotatable bonds is 7. The number of nitrogens with one attached hydrogen (secondary N) is 1. The van der Waals surface area contributed by atoms with E-state index in [4.69, 9.17) is 4.74 Å². The lowest BCUT2D eigenvalue weighted by Crippen LogP contribution is -2.57. The maximum Gasteiger partial charge on any atom is 0.321 e. The molecule has 1 amide bonds. The average Bonchev–Trinajstić information content (AvgIpc) is 2.81. The number of hydrogen-bond acceptors (Lipinski definition) is 6. The fourth-order valence-electron chi connectivity index (χ4n) is 3.85. The molecule has 4 rings (SSSR count). The van der Waals surface area contributed by atoms with Crippen molar-refractivity contribution in [2.75, 3.05) is 26.7 Å². The molecule has 0 aliphatic carbocycles. The van der Waals surface area contributed by atoms with Gasteiger partial charge in [-0.2, -0.15) is 0 Å². The number of benzene rings is 2. The van der Waals surface area contributed by atoms with E-state index in [1.165, 1.54) is 5.56 Å². The highest BCUT2D eigenvalue weighted by Gasteiger charge is 2.31. The molecule has 31 heavy (non-hydrogen) atoms. The molecule has 1 aromatic heterocycles. The summed E-state index contributed by atoms with van der Waals surface area (Å²) in [6.07, 6.45) is 3.30. The van der Waals surface area contributed by atoms with E-state index in [1.54, 1.807) is 25.5 Å². The summed E-state index contributed by atoms with van der Waals surface area (Å²) >= 11 is 0. The Hall–Kier alpha value is -3.29. The Morgan fingerprint density at radius 2 is 1.77 bits per heavy atom. The van der Waals surface area contributed by atoms with Gasteiger partial charge in [-0.1, -0.05) is 42.5 Å². The minimum atomic E-state index is -0.204. The van der Waals surface area contributed by atoms with Crippen molar-refractivity contribution < 1.29 is 9.53 Å². The number of nitrogens with zero attached hydrogens (tertiary/aromatic N) is 4. The molecule has 0 unspecified atom stereocenters. The van der Waals surface area contributed by atoms with Crippen LogP contribution in [0.2, 0.25) is 0 Å². The third-order valence-electron chi connectivity index (χ3n) is 5.41. The van der Waals surface area contributed by atoms with Crippen molar-refractivity contribution in [3.05, 3.63) is 84.2 Å². The van der Waals surface area contributed by atoms with E-state index in [-0.39, 0.29) is 11.9 Å². The molecule has 1 aliphatic heterocycles. The third kappa shape index (κ3) is 5.65. The third-order valence-corrected chi connectivity index (χ3v) is 5.41. The summed E-state index contributed by atoms with van der Waals surface area (Å²) in [6, 6.07) is 20.1. The van der Waals surface area contributed by atoms with E-state index < -0.39 is 0 Å². The van der Waals surface area contributed by atoms with Crippen LogP contribution < -0.4 is 10.1 Å². The first-order chi connectivity index (χ1) is 15.2. The molecular formula is C24H27N5O2. The summed E-state index contributed by atoms with van der Waals surface area (Å²) in [5, 5.41) is 2.83. The summed E-state index contributed by atoms with van der Waals surface area (Å²) < 4.78 is 5.76. The SMILES string of the molecule is CNC(=O)[C@@H]1CN(Cc2ccccc2)CCN1Cc1cccc(Oc2ncccn2)c1. The van der Waals surface area contributed by atoms with Gasteiger partial charge >= 0.3 is 6.01 Å². The van der Waals surface area contributed by atoms with Crippen LogP contribution in [0.3, 0.4) is 0 Å². The molecule has 1 atom stereocenters. The maximum atomic E-state index is 12.7. The van der Waals surface area contributed by atoms with Gasteiger partial charge in [0.15, 0.2) is 0 Å². The number of aromatic nitrogens is 2. The molecule has 1 aliphatic rings. The Bertz CT molecular complexity index is 984. The lowest BCUT2D eigenvalue weighted by Gasteiger charge is -2.40. The molecule has 0 bridgehead atoms. The van der Waals surface area contributed by atoms with Crippen LogP contribution in [-0.2, 0) is 17.9 Å². The van der Waals surface area contributed by atoms with Crippen LogP contribution in [-0.4, -0.2) is 58.4 Å². The quantitative estimate of drug-likeness (QED) is 0.637. The standard InChI is InChI=1S/C24H27N5O2/c1-25-23(30)22-18-28(16-19-7-3-2-4-8-19)13-14-29(22)17-20-9-5-10-21(15-20)31-24-26-11-6-12-27-24/h2-12,15,22H,13-14,16-18H2,1H3,(H,25,30)/t22-/m0/s1. The van der Waals surface area contributed by atoms with Gasteiger partial charge in [0.25, 0.3) is 0 Å². The molecule has 160 valence electrons. The van der Waals surface area contributed by atoms with E-state index in [1.807, 2.05) is 24.3 Å². The largest absolute Gasteiger partial charge is 0.424 e. The predicted octanol–water partition coefficient (Wildman–Crippen LogP) is 2.70. The van der Waals surface area contributed by atoms with Crippen molar-refractivity contribution in [3.63, 3.8) is 0 Å². The fraction of sp³-hybridized carbons (Fsp3) is 0.292. The minimum Gasteiger partial charge on any atom is -0.424 e. The van der Waals surface area contributed by atoms with Crippen LogP contribution in [0.1, 0.15) is 11.1 Å². The summed E-state index contributed by atoms with van der Waals surface area (Å²) in [5.74, 6) is 0.728. The second kappa shape index (κ2) is 10.1. The zero-order valence-electron chi connectivity index (χ0n) is 17.6. The Morgan fingerprint density at radius 1 is 1.00 bits per heavy atom. The van der Waals surface area contributed by atoms with E-state index in [0.717, 1.165) is 25.2 Å². The van der Waals surface area contributed by atoms with E-state index in [0.29, 0.717) is 24.8 Å². The predicted molar refractivity (Wildman–Crippen MR) is 119 cm³/mol. The fourth-order valence-corrected chi connectivity index (χ4v) is 3.85. The summed E-state index contributed by atoms with van der Waals surface area (Å²) in [4.78, 5) is 25.4. The topological polar surface area (TPSA) is 70.6 Å². The van der Waals surface area contributed by atoms with Gasteiger partial charge in [0, 0.05) is 52.2 Å². The smallest absolute Gasteiger partial charge is 0.321 e. The first kappa shape index (κ1) is 21.0. The summed E-state index contributed by atoms with van der Waals surface area (Å²) in [5.41, 5.74) is 2.35. The van der Waals surface area contributed by atoms with Gasteiger partial charge in [-0.15, -0.1) is 0 Å². The summed E-state index contributed by atoms with van der Waals surface area (Å²) in [7, 11) is 1.70. The Balaban J connectivity index is 1.43. The van der Waals surface area contributed by atoms with E-state index in [9.17, 15) is 4.79 Å². The number of carbonyl (C=O) groups excluding carboxylic acids is 1. The number of piperazine rings is 1. The normalized spacial score (nSPS) is 17.3. The molecule has 3 aromatic rings. The lowest BCUT2D eigenvalue weighted by atomic mass is 10.1. The van der Waals surface area contributed by atoms with Crippen molar-refractivity contribution in [3.8, 4) is 11.8 Å². The maximum absolute atomic E-state index is 12.7. The number of carbonyl (C=O) groups is 1. The molecular weight excluding hydrogens is 390 g/mol. The van der Waals surface area contributed by atoms with Gasteiger partial charge in [-0.25, -0.2) is 9.97 Å². The molecule has 2 heterocycles. The number of amides is 1. The molecule has 1 fully saturated rings. The monoisotopic (exact) mass is 417 g/mol. The molecule has 2 aromatic carbocycles. The van der Waals surface area contributed by atoms with Crippen LogP contribution in [0, 0.1) is 0 Å². The van der Waals surface area contributed by atoms with Crippen molar-refractivity contribution in [2.24, 2.45) is 0 Å². The zero-order chi connectivity index (χ0) is 21.5. The second-order valence-electron chi connectivity index (χ2n) is 7.60. The molecule has 1 saturated heterocycles. The van der Waals surface area contributed by atoms with E-state index in [2.05, 4.69) is 55.4 Å². The molecule has 0 saturated carbocycles. The molecule has 7 nitrogen and oxygen atoms in total. The number of ether oxygens (including phenoxy) is 1. The second-order valence-corrected chi connectivity index (χ2v) is 7.60. The molecule has 1 N–H and O–H groups in total. The van der Waals surface area contributed by atoms with Crippen LogP contribution in [0.25, 0.3) is 0 Å². The van der Waals surface area contributed by atoms with Gasteiger partial charge in [0.1, 0.15) is 11.8 Å². The van der Waals surface area contributed by atoms with Crippen molar-refractivity contribution in [1.82, 2.24) is 25.1 Å². The van der Waals surface area contributed by atoms with Crippen molar-refractivity contribution in [2.45, 2.75) is 19.1 Å². The van der Waals surface area contributed by atoms with Gasteiger partial charge in [-0.05, 0) is 29.3 Å². The number of likely N-dealkylation sites (N-methyl/N-ethyl adjacent to an activating group) is 1. The molecule has 0 spiro atoms. The first-order valence-electron chi connectivity index (χ1n) is 10.5. The van der Waals surface area contributed by atoms with Gasteiger partial charge in [0.2, 0.25) is 5.91 Å². The zero-order valence-corrected chi connectivity index (χ0v) is 17.6. The Kier molecular flexibility index (Phi) is 6.86. The summed E-state index contributed by atoms with van der Waals surface area (Å²) in [6.45, 7) is 3.95. The number of hydrogen-bond donors (Lipinski definition) is 1. The van der Waals surface area contributed by atoms with Crippen molar-refractivity contribution >= 4 is 5.91 Å². The molecule has 7 heteroatoms. The van der Waals surface area contributed by atoms with Gasteiger partial charge in [-0.3, -0.25) is 14.6 Å². The van der Waals surface area contributed by atoms with E-state index >= 15 is 0 Å². The minimum absolute atomic E-state index is 0.0443. The van der Waals surface area contributed by atoms with Crippen molar-refractivity contribution in [1.29, 1.82) is 0 Å². The van der Waals surface area contributed by atoms with Crippen LogP contribution in [0.4, 0.5) is 0 Å². The molecule has 0 radical (unpaired) electrons. The highest BCUT2D eigenvalue weighted by molar-refractivity contribution is 5.81. The Labute approximate surface area is 182 Å². The lowest BCUT2D eigenvalue weighted by molar-refractivity contribution is -0.128.